The smallest absolute Gasteiger partial charge is 0.282 e. The molecule has 0 aliphatic heterocycles. The van der Waals surface area contributed by atoms with Crippen LogP contribution in [0.5, 0.6) is 5.75 Å². The highest BCUT2D eigenvalue weighted by Gasteiger charge is 2.14. The molecule has 0 fully saturated rings. The topological polar surface area (TPSA) is 69.6 Å². The average Bonchev–Trinajstić information content (AvgIpc) is 3.23. The monoisotopic (exact) mass is 359 g/mol. The zero-order valence-electron chi connectivity index (χ0n) is 14.7. The quantitative estimate of drug-likeness (QED) is 0.506. The van der Waals surface area contributed by atoms with Crippen molar-refractivity contribution in [3.05, 3.63) is 82.8 Å². The van der Waals surface area contributed by atoms with Crippen LogP contribution in [0.15, 0.2) is 81.2 Å². The second-order valence-electron chi connectivity index (χ2n) is 5.79. The summed E-state index contributed by atoms with van der Waals surface area (Å²) in [4.78, 5) is 17.5. The molecule has 6 heteroatoms. The lowest BCUT2D eigenvalue weighted by Gasteiger charge is -2.07. The molecule has 0 spiro atoms. The summed E-state index contributed by atoms with van der Waals surface area (Å²) < 4.78 is 12.1. The van der Waals surface area contributed by atoms with Gasteiger partial charge < -0.3 is 9.15 Å². The molecule has 2 heterocycles. The zero-order valence-corrected chi connectivity index (χ0v) is 14.7. The SMILES string of the molecule is CCOc1ccc(/C=N\n2c(-c3ccco3)nc3ccccc3c2=O)cc1. The predicted molar refractivity (Wildman–Crippen MR) is 104 cm³/mol. The number of benzene rings is 2. The summed E-state index contributed by atoms with van der Waals surface area (Å²) >= 11 is 0. The van der Waals surface area contributed by atoms with Gasteiger partial charge in [0.1, 0.15) is 5.75 Å². The Labute approximate surface area is 155 Å². The highest BCUT2D eigenvalue weighted by atomic mass is 16.5. The van der Waals surface area contributed by atoms with Gasteiger partial charge >= 0.3 is 0 Å². The Kier molecular flexibility index (Phi) is 4.53. The molecule has 4 aromatic rings. The van der Waals surface area contributed by atoms with E-state index in [4.69, 9.17) is 9.15 Å². The van der Waals surface area contributed by atoms with Crippen LogP contribution in [0.25, 0.3) is 22.5 Å². The van der Waals surface area contributed by atoms with Crippen LogP contribution >= 0.6 is 0 Å². The van der Waals surface area contributed by atoms with E-state index in [-0.39, 0.29) is 5.56 Å². The number of hydrogen-bond acceptors (Lipinski definition) is 5. The van der Waals surface area contributed by atoms with Crippen molar-refractivity contribution in [2.24, 2.45) is 5.10 Å². The summed E-state index contributed by atoms with van der Waals surface area (Å²) in [6.07, 6.45) is 3.15. The number of rotatable bonds is 5. The van der Waals surface area contributed by atoms with Gasteiger partial charge in [0.2, 0.25) is 5.82 Å². The van der Waals surface area contributed by atoms with E-state index in [0.29, 0.717) is 29.1 Å². The summed E-state index contributed by atoms with van der Waals surface area (Å²) in [5.74, 6) is 1.61. The first kappa shape index (κ1) is 16.8. The molecule has 0 atom stereocenters. The van der Waals surface area contributed by atoms with Crippen LogP contribution in [-0.4, -0.2) is 22.5 Å². The number of furan rings is 1. The van der Waals surface area contributed by atoms with E-state index in [1.807, 2.05) is 37.3 Å². The van der Waals surface area contributed by atoms with Gasteiger partial charge in [0, 0.05) is 0 Å². The molecule has 0 bridgehead atoms. The Bertz CT molecular complexity index is 1140. The molecule has 0 aliphatic rings. The Balaban J connectivity index is 1.81. The maximum Gasteiger partial charge on any atom is 0.282 e. The summed E-state index contributed by atoms with van der Waals surface area (Å²) in [5, 5.41) is 4.87. The van der Waals surface area contributed by atoms with Gasteiger partial charge in [0.05, 0.1) is 30.0 Å². The minimum Gasteiger partial charge on any atom is -0.494 e. The first-order valence-corrected chi connectivity index (χ1v) is 8.59. The van der Waals surface area contributed by atoms with Crippen molar-refractivity contribution in [2.45, 2.75) is 6.92 Å². The van der Waals surface area contributed by atoms with Crippen molar-refractivity contribution in [1.82, 2.24) is 9.66 Å². The normalized spacial score (nSPS) is 11.3. The van der Waals surface area contributed by atoms with Crippen LogP contribution < -0.4 is 10.3 Å². The molecule has 6 nitrogen and oxygen atoms in total. The Morgan fingerprint density at radius 1 is 1.11 bits per heavy atom. The van der Waals surface area contributed by atoms with E-state index in [2.05, 4.69) is 10.1 Å². The van der Waals surface area contributed by atoms with Crippen molar-refractivity contribution in [1.29, 1.82) is 0 Å². The van der Waals surface area contributed by atoms with Crippen LogP contribution in [0.4, 0.5) is 0 Å². The molecule has 0 saturated carbocycles. The van der Waals surface area contributed by atoms with Gasteiger partial charge in [-0.05, 0) is 61.0 Å². The third kappa shape index (κ3) is 3.37. The molecule has 0 unspecified atom stereocenters. The molecule has 0 aliphatic carbocycles. The van der Waals surface area contributed by atoms with Gasteiger partial charge in [-0.25, -0.2) is 4.98 Å². The van der Waals surface area contributed by atoms with Gasteiger partial charge in [-0.3, -0.25) is 4.79 Å². The van der Waals surface area contributed by atoms with Crippen molar-refractivity contribution in [3.63, 3.8) is 0 Å². The third-order valence-electron chi connectivity index (χ3n) is 4.01. The second-order valence-corrected chi connectivity index (χ2v) is 5.79. The van der Waals surface area contributed by atoms with Crippen LogP contribution in [0.1, 0.15) is 12.5 Å². The first-order valence-electron chi connectivity index (χ1n) is 8.59. The fourth-order valence-electron chi connectivity index (χ4n) is 2.74. The van der Waals surface area contributed by atoms with Gasteiger partial charge in [0.25, 0.3) is 5.56 Å². The maximum atomic E-state index is 13.0. The summed E-state index contributed by atoms with van der Waals surface area (Å²) in [7, 11) is 0. The lowest BCUT2D eigenvalue weighted by Crippen LogP contribution is -2.20. The van der Waals surface area contributed by atoms with E-state index in [1.165, 1.54) is 10.9 Å². The minimum atomic E-state index is -0.255. The molecule has 4 rings (SSSR count). The molecule has 0 radical (unpaired) electrons. The first-order chi connectivity index (χ1) is 13.3. The van der Waals surface area contributed by atoms with E-state index >= 15 is 0 Å². The number of fused-ring (bicyclic) bond motifs is 1. The van der Waals surface area contributed by atoms with Gasteiger partial charge in [-0.1, -0.05) is 12.1 Å². The maximum absolute atomic E-state index is 13.0. The molecule has 0 N–H and O–H groups in total. The second kappa shape index (κ2) is 7.29. The van der Waals surface area contributed by atoms with Crippen molar-refractivity contribution in [2.75, 3.05) is 6.61 Å². The number of hydrogen-bond donors (Lipinski definition) is 0. The Morgan fingerprint density at radius 3 is 2.67 bits per heavy atom. The highest BCUT2D eigenvalue weighted by Crippen LogP contribution is 2.19. The molecule has 2 aromatic heterocycles. The molecule has 0 amide bonds. The molecular formula is C21H17N3O3. The van der Waals surface area contributed by atoms with Crippen LogP contribution in [0.3, 0.4) is 0 Å². The molecule has 134 valence electrons. The van der Waals surface area contributed by atoms with E-state index in [1.54, 1.807) is 36.5 Å². The Hall–Kier alpha value is -3.67. The van der Waals surface area contributed by atoms with Crippen LogP contribution in [0, 0.1) is 0 Å². The third-order valence-corrected chi connectivity index (χ3v) is 4.01. The largest absolute Gasteiger partial charge is 0.494 e. The summed E-state index contributed by atoms with van der Waals surface area (Å²) in [6, 6.07) is 18.1. The van der Waals surface area contributed by atoms with E-state index < -0.39 is 0 Å². The standard InChI is InChI=1S/C21H17N3O3/c1-2-26-16-11-9-15(10-12-16)14-22-24-20(19-8-5-13-27-19)23-18-7-4-3-6-17(18)21(24)25/h3-14H,2H2,1H3/b22-14-. The zero-order chi connectivity index (χ0) is 18.6. The molecule has 0 saturated heterocycles. The summed E-state index contributed by atoms with van der Waals surface area (Å²) in [6.45, 7) is 2.54. The lowest BCUT2D eigenvalue weighted by atomic mass is 10.2. The molecule has 27 heavy (non-hydrogen) atoms. The fraction of sp³-hybridized carbons (Fsp3) is 0.0952. The number of aromatic nitrogens is 2. The van der Waals surface area contributed by atoms with Gasteiger partial charge in [-0.15, -0.1) is 0 Å². The van der Waals surface area contributed by atoms with E-state index in [9.17, 15) is 4.79 Å². The lowest BCUT2D eigenvalue weighted by molar-refractivity contribution is 0.340. The van der Waals surface area contributed by atoms with Crippen molar-refractivity contribution in [3.8, 4) is 17.3 Å². The molecule has 2 aromatic carbocycles. The molecular weight excluding hydrogens is 342 g/mol. The highest BCUT2D eigenvalue weighted by molar-refractivity contribution is 5.81. The van der Waals surface area contributed by atoms with Crippen LogP contribution in [-0.2, 0) is 0 Å². The number of ether oxygens (including phenoxy) is 1. The fourth-order valence-corrected chi connectivity index (χ4v) is 2.74. The summed E-state index contributed by atoms with van der Waals surface area (Å²) in [5.41, 5.74) is 1.18. The van der Waals surface area contributed by atoms with Crippen molar-refractivity contribution < 1.29 is 9.15 Å². The average molecular weight is 359 g/mol. The van der Waals surface area contributed by atoms with Crippen LogP contribution in [0.2, 0.25) is 0 Å². The predicted octanol–water partition coefficient (Wildman–Crippen LogP) is 3.94. The number of nitrogens with zero attached hydrogens (tertiary/aromatic N) is 3. The van der Waals surface area contributed by atoms with E-state index in [0.717, 1.165) is 11.3 Å². The Morgan fingerprint density at radius 2 is 1.93 bits per heavy atom. The minimum absolute atomic E-state index is 0.255. The van der Waals surface area contributed by atoms with Gasteiger partial charge in [-0.2, -0.15) is 9.78 Å². The van der Waals surface area contributed by atoms with Gasteiger partial charge in [0.15, 0.2) is 5.76 Å². The number of para-hydroxylation sites is 1. The van der Waals surface area contributed by atoms with Crippen molar-refractivity contribution >= 4 is 17.1 Å².